The first-order valence-corrected chi connectivity index (χ1v) is 34.0. The van der Waals surface area contributed by atoms with Crippen LogP contribution in [-0.4, -0.2) is 37.2 Å². The van der Waals surface area contributed by atoms with Crippen molar-refractivity contribution >= 4 is 17.9 Å². The summed E-state index contributed by atoms with van der Waals surface area (Å²) >= 11 is 0. The highest BCUT2D eigenvalue weighted by atomic mass is 16.6. The molecular formula is C77H124O6. The highest BCUT2D eigenvalue weighted by Gasteiger charge is 2.19. The van der Waals surface area contributed by atoms with Gasteiger partial charge in [0.2, 0.25) is 0 Å². The second-order valence-corrected chi connectivity index (χ2v) is 21.9. The number of unbranched alkanes of at least 4 members (excludes halogenated alkanes) is 23. The van der Waals surface area contributed by atoms with Gasteiger partial charge >= 0.3 is 17.9 Å². The van der Waals surface area contributed by atoms with Gasteiger partial charge in [0.25, 0.3) is 0 Å². The van der Waals surface area contributed by atoms with Gasteiger partial charge in [-0.2, -0.15) is 0 Å². The molecule has 0 saturated carbocycles. The van der Waals surface area contributed by atoms with E-state index in [1.807, 2.05) is 6.08 Å². The molecule has 0 aromatic carbocycles. The van der Waals surface area contributed by atoms with Crippen LogP contribution >= 0.6 is 0 Å². The highest BCUT2D eigenvalue weighted by Crippen LogP contribution is 2.16. The molecular weight excluding hydrogens is 1020 g/mol. The van der Waals surface area contributed by atoms with Crippen LogP contribution in [0.4, 0.5) is 0 Å². The van der Waals surface area contributed by atoms with Crippen molar-refractivity contribution in [2.45, 2.75) is 297 Å². The number of rotatable bonds is 60. The summed E-state index contributed by atoms with van der Waals surface area (Å²) in [4.78, 5) is 38.3. The molecule has 83 heavy (non-hydrogen) atoms. The second kappa shape index (κ2) is 69.5. The van der Waals surface area contributed by atoms with Crippen LogP contribution < -0.4 is 0 Å². The van der Waals surface area contributed by atoms with Gasteiger partial charge in [0.1, 0.15) is 13.2 Å². The van der Waals surface area contributed by atoms with Gasteiger partial charge in [-0.25, -0.2) is 0 Å². The Morgan fingerprint density at radius 3 is 0.747 bits per heavy atom. The minimum absolute atomic E-state index is 0.112. The molecule has 0 heterocycles. The van der Waals surface area contributed by atoms with Crippen LogP contribution in [0.3, 0.4) is 0 Å². The molecule has 0 N–H and O–H groups in total. The van der Waals surface area contributed by atoms with Crippen molar-refractivity contribution in [2.24, 2.45) is 0 Å². The van der Waals surface area contributed by atoms with Crippen LogP contribution in [0, 0.1) is 0 Å². The van der Waals surface area contributed by atoms with Crippen molar-refractivity contribution in [3.05, 3.63) is 158 Å². The Hall–Kier alpha value is -4.97. The van der Waals surface area contributed by atoms with Gasteiger partial charge in [-0.15, -0.1) is 0 Å². The van der Waals surface area contributed by atoms with Gasteiger partial charge in [-0.1, -0.05) is 301 Å². The number of carbonyl (C=O) groups is 3. The molecule has 0 spiro atoms. The molecule has 6 heteroatoms. The first-order chi connectivity index (χ1) is 41.0. The normalized spacial score (nSPS) is 13.1. The Bertz CT molecular complexity index is 1840. The van der Waals surface area contributed by atoms with Crippen molar-refractivity contribution in [1.29, 1.82) is 0 Å². The molecule has 0 fully saturated rings. The molecule has 0 aromatic rings. The Balaban J connectivity index is 4.31. The third-order valence-electron chi connectivity index (χ3n) is 14.0. The molecule has 1 unspecified atom stereocenters. The lowest BCUT2D eigenvalue weighted by molar-refractivity contribution is -0.166. The highest BCUT2D eigenvalue weighted by molar-refractivity contribution is 5.71. The molecule has 468 valence electrons. The summed E-state index contributed by atoms with van der Waals surface area (Å²) < 4.78 is 16.9. The molecule has 0 amide bonds. The fraction of sp³-hybridized carbons (Fsp3) is 0.623. The van der Waals surface area contributed by atoms with Crippen molar-refractivity contribution in [3.8, 4) is 0 Å². The number of hydrogen-bond acceptors (Lipinski definition) is 6. The summed E-state index contributed by atoms with van der Waals surface area (Å²) in [6.07, 6.45) is 101. The zero-order valence-corrected chi connectivity index (χ0v) is 53.7. The van der Waals surface area contributed by atoms with E-state index in [0.29, 0.717) is 12.8 Å². The predicted octanol–water partition coefficient (Wildman–Crippen LogP) is 23.7. The van der Waals surface area contributed by atoms with Gasteiger partial charge in [-0.05, 0) is 128 Å². The van der Waals surface area contributed by atoms with E-state index < -0.39 is 6.10 Å². The average molecular weight is 1150 g/mol. The smallest absolute Gasteiger partial charge is 0.306 e. The summed E-state index contributed by atoms with van der Waals surface area (Å²) in [6, 6.07) is 0. The number of carbonyl (C=O) groups excluding carboxylic acids is 3. The maximum Gasteiger partial charge on any atom is 0.306 e. The monoisotopic (exact) mass is 1140 g/mol. The number of esters is 3. The summed E-state index contributed by atoms with van der Waals surface area (Å²) in [6.45, 7) is 6.23. The van der Waals surface area contributed by atoms with Crippen LogP contribution in [0.5, 0.6) is 0 Å². The molecule has 0 radical (unpaired) electrons. The van der Waals surface area contributed by atoms with Crippen molar-refractivity contribution in [2.75, 3.05) is 13.2 Å². The Morgan fingerprint density at radius 1 is 0.241 bits per heavy atom. The second-order valence-electron chi connectivity index (χ2n) is 21.9. The average Bonchev–Trinajstić information content (AvgIpc) is 3.49. The van der Waals surface area contributed by atoms with E-state index >= 15 is 0 Å². The molecule has 0 rings (SSSR count). The van der Waals surface area contributed by atoms with Crippen LogP contribution in [0.15, 0.2) is 158 Å². The van der Waals surface area contributed by atoms with Gasteiger partial charge in [-0.3, -0.25) is 14.4 Å². The largest absolute Gasteiger partial charge is 0.462 e. The van der Waals surface area contributed by atoms with E-state index in [4.69, 9.17) is 14.2 Å². The lowest BCUT2D eigenvalue weighted by atomic mass is 10.0. The van der Waals surface area contributed by atoms with E-state index in [1.54, 1.807) is 0 Å². The Labute approximate surface area is 511 Å². The summed E-state index contributed by atoms with van der Waals surface area (Å²) in [5, 5.41) is 0. The fourth-order valence-electron chi connectivity index (χ4n) is 9.06. The molecule has 0 aliphatic carbocycles. The fourth-order valence-corrected chi connectivity index (χ4v) is 9.06. The maximum absolute atomic E-state index is 12.9. The molecule has 0 aliphatic heterocycles. The van der Waals surface area contributed by atoms with Crippen molar-refractivity contribution in [3.63, 3.8) is 0 Å². The van der Waals surface area contributed by atoms with Crippen LogP contribution in [-0.2, 0) is 28.6 Å². The minimum Gasteiger partial charge on any atom is -0.462 e. The zero-order valence-electron chi connectivity index (χ0n) is 53.7. The van der Waals surface area contributed by atoms with E-state index in [0.717, 1.165) is 141 Å². The van der Waals surface area contributed by atoms with E-state index in [2.05, 4.69) is 173 Å². The van der Waals surface area contributed by atoms with Crippen LogP contribution in [0.2, 0.25) is 0 Å². The Morgan fingerprint density at radius 2 is 0.458 bits per heavy atom. The lowest BCUT2D eigenvalue weighted by Crippen LogP contribution is -2.30. The standard InChI is InChI=1S/C77H124O6/c1-4-7-10-13-16-19-22-25-27-29-31-33-34-35-36-37-38-39-40-41-42-44-45-47-49-52-55-58-61-64-67-70-76(79)82-73-74(72-81-75(78)69-66-63-60-57-54-51-24-21-18-15-12-9-6-3)83-77(80)71-68-65-62-59-56-53-50-48-46-43-32-30-28-26-23-20-17-14-11-8-5-2/h7-12,16-21,25-28,31-33,43,48,50-51,54,60,63,74H,4-6,13-15,22-24,29-30,34-42,44-47,49,52-53,55-59,61-62,64-73H2,1-3H3/b10-7-,11-8-,12-9-,19-16-,20-17-,21-18-,27-25-,28-26-,33-31-,43-32-,50-48-,54-51-,63-60-. The predicted molar refractivity (Wildman–Crippen MR) is 362 cm³/mol. The molecule has 6 nitrogen and oxygen atoms in total. The van der Waals surface area contributed by atoms with E-state index in [9.17, 15) is 14.4 Å². The van der Waals surface area contributed by atoms with Crippen molar-refractivity contribution < 1.29 is 28.6 Å². The third kappa shape index (κ3) is 67.7. The summed E-state index contributed by atoms with van der Waals surface area (Å²) in [5.41, 5.74) is 0. The molecule has 1 atom stereocenters. The van der Waals surface area contributed by atoms with Gasteiger partial charge < -0.3 is 14.2 Å². The third-order valence-corrected chi connectivity index (χ3v) is 14.0. The topological polar surface area (TPSA) is 78.9 Å². The summed E-state index contributed by atoms with van der Waals surface area (Å²) in [7, 11) is 0. The molecule has 0 aromatic heterocycles. The first kappa shape index (κ1) is 78.0. The maximum atomic E-state index is 12.9. The number of hydrogen-bond donors (Lipinski definition) is 0. The SMILES string of the molecule is CC/C=C\C/C=C\C/C=C\C/C=C\C/C=C\CCCCCCCC(=O)OC(COC(=O)CC/C=C\C/C=C\C/C=C\C/C=C\CC)COC(=O)CCCCCCCCCCCCCCCCCCCC/C=C\C/C=C\C/C=C\C/C=C\CC. The van der Waals surface area contributed by atoms with Crippen molar-refractivity contribution in [1.82, 2.24) is 0 Å². The summed E-state index contributed by atoms with van der Waals surface area (Å²) in [5.74, 6) is -1.01. The first-order valence-electron chi connectivity index (χ1n) is 34.0. The van der Waals surface area contributed by atoms with Gasteiger partial charge in [0, 0.05) is 19.3 Å². The van der Waals surface area contributed by atoms with Gasteiger partial charge in [0.15, 0.2) is 6.10 Å². The number of allylic oxidation sites excluding steroid dienone is 26. The molecule has 0 saturated heterocycles. The molecule has 0 aliphatic rings. The Kier molecular flexibility index (Phi) is 65.4. The van der Waals surface area contributed by atoms with Gasteiger partial charge in [0.05, 0.1) is 0 Å². The number of ether oxygens (including phenoxy) is 3. The lowest BCUT2D eigenvalue weighted by Gasteiger charge is -2.18. The quantitative estimate of drug-likeness (QED) is 0.0261. The molecule has 0 bridgehead atoms. The van der Waals surface area contributed by atoms with Crippen LogP contribution in [0.25, 0.3) is 0 Å². The van der Waals surface area contributed by atoms with E-state index in [1.165, 1.54) is 103 Å². The van der Waals surface area contributed by atoms with E-state index in [-0.39, 0.29) is 44.0 Å². The zero-order chi connectivity index (χ0) is 59.9. The van der Waals surface area contributed by atoms with Crippen LogP contribution in [0.1, 0.15) is 290 Å². The minimum atomic E-state index is -0.824.